The molecule has 1 amide bonds. The molecule has 2 aromatic rings. The van der Waals surface area contributed by atoms with Crippen LogP contribution in [0.3, 0.4) is 0 Å². The molecule has 2 rings (SSSR count). The molecule has 0 aliphatic rings. The first-order valence-electron chi connectivity index (χ1n) is 5.32. The van der Waals surface area contributed by atoms with Gasteiger partial charge in [-0.05, 0) is 34.1 Å². The fraction of sp³-hybridized carbons (Fsp3) is 0.167. The molecule has 0 aliphatic heterocycles. The molecule has 1 N–H and O–H groups in total. The highest BCUT2D eigenvalue weighted by molar-refractivity contribution is 9.11. The van der Waals surface area contributed by atoms with Gasteiger partial charge in [0, 0.05) is 30.4 Å². The summed E-state index contributed by atoms with van der Waals surface area (Å²) < 4.78 is 1.05. The molecule has 2 heterocycles. The SMILES string of the molecule is CN(Cc1ncc[nH]1)C(=O)C=Cc1ccc(Br)s1. The maximum atomic E-state index is 11.8. The summed E-state index contributed by atoms with van der Waals surface area (Å²) in [5.74, 6) is 0.731. The highest BCUT2D eigenvalue weighted by atomic mass is 79.9. The molecule has 0 saturated carbocycles. The fourth-order valence-corrected chi connectivity index (χ4v) is 2.71. The maximum absolute atomic E-state index is 11.8. The van der Waals surface area contributed by atoms with E-state index < -0.39 is 0 Å². The van der Waals surface area contributed by atoms with Crippen LogP contribution in [-0.2, 0) is 11.3 Å². The van der Waals surface area contributed by atoms with E-state index in [9.17, 15) is 4.79 Å². The van der Waals surface area contributed by atoms with Gasteiger partial charge >= 0.3 is 0 Å². The van der Waals surface area contributed by atoms with Gasteiger partial charge in [0.1, 0.15) is 5.82 Å². The van der Waals surface area contributed by atoms with Crippen LogP contribution in [0.2, 0.25) is 0 Å². The first kappa shape index (κ1) is 13.0. The number of likely N-dealkylation sites (N-methyl/N-ethyl adjacent to an activating group) is 1. The van der Waals surface area contributed by atoms with E-state index in [0.29, 0.717) is 6.54 Å². The molecular weight excluding hydrogens is 314 g/mol. The first-order chi connectivity index (χ1) is 8.65. The quantitative estimate of drug-likeness (QED) is 0.879. The van der Waals surface area contributed by atoms with Crippen LogP contribution in [0.5, 0.6) is 0 Å². The minimum absolute atomic E-state index is 0.0454. The van der Waals surface area contributed by atoms with Crippen LogP contribution in [0, 0.1) is 0 Å². The van der Waals surface area contributed by atoms with Crippen LogP contribution in [0.15, 0.2) is 34.4 Å². The van der Waals surface area contributed by atoms with Crippen LogP contribution in [-0.4, -0.2) is 27.8 Å². The van der Waals surface area contributed by atoms with E-state index >= 15 is 0 Å². The molecule has 0 aromatic carbocycles. The number of hydrogen-bond donors (Lipinski definition) is 1. The second-order valence-electron chi connectivity index (χ2n) is 3.71. The molecule has 94 valence electrons. The average Bonchev–Trinajstić information content (AvgIpc) is 2.97. The van der Waals surface area contributed by atoms with Crippen molar-refractivity contribution in [2.24, 2.45) is 0 Å². The molecule has 0 saturated heterocycles. The number of rotatable bonds is 4. The fourth-order valence-electron chi connectivity index (χ4n) is 1.39. The Bertz CT molecular complexity index is 547. The molecule has 0 atom stereocenters. The average molecular weight is 326 g/mol. The number of carbonyl (C=O) groups excluding carboxylic acids is 1. The van der Waals surface area contributed by atoms with Crippen LogP contribution >= 0.6 is 27.3 Å². The van der Waals surface area contributed by atoms with Crippen molar-refractivity contribution in [1.29, 1.82) is 0 Å². The monoisotopic (exact) mass is 325 g/mol. The first-order valence-corrected chi connectivity index (χ1v) is 6.93. The summed E-state index contributed by atoms with van der Waals surface area (Å²) in [7, 11) is 1.75. The van der Waals surface area contributed by atoms with E-state index in [1.54, 1.807) is 41.8 Å². The van der Waals surface area contributed by atoms with Crippen LogP contribution in [0.25, 0.3) is 6.08 Å². The molecule has 2 aromatic heterocycles. The van der Waals surface area contributed by atoms with Crippen molar-refractivity contribution in [2.75, 3.05) is 7.05 Å². The van der Waals surface area contributed by atoms with Gasteiger partial charge in [0.25, 0.3) is 0 Å². The van der Waals surface area contributed by atoms with Gasteiger partial charge in [0.05, 0.1) is 10.3 Å². The van der Waals surface area contributed by atoms with Crippen LogP contribution in [0.1, 0.15) is 10.7 Å². The van der Waals surface area contributed by atoms with Crippen molar-refractivity contribution >= 4 is 39.2 Å². The predicted octanol–water partition coefficient (Wildman–Crippen LogP) is 2.91. The minimum Gasteiger partial charge on any atom is -0.347 e. The van der Waals surface area contributed by atoms with Crippen LogP contribution < -0.4 is 0 Å². The molecule has 0 spiro atoms. The van der Waals surface area contributed by atoms with Gasteiger partial charge in [-0.2, -0.15) is 0 Å². The summed E-state index contributed by atoms with van der Waals surface area (Å²) in [4.78, 5) is 21.5. The lowest BCUT2D eigenvalue weighted by Gasteiger charge is -2.12. The highest BCUT2D eigenvalue weighted by Gasteiger charge is 2.06. The molecule has 0 bridgehead atoms. The van der Waals surface area contributed by atoms with Gasteiger partial charge in [-0.25, -0.2) is 4.98 Å². The Morgan fingerprint density at radius 1 is 1.61 bits per heavy atom. The second kappa shape index (κ2) is 5.97. The number of hydrogen-bond acceptors (Lipinski definition) is 3. The number of carbonyl (C=O) groups is 1. The Kier molecular flexibility index (Phi) is 4.33. The summed E-state index contributed by atoms with van der Waals surface area (Å²) >= 11 is 4.97. The number of aromatic amines is 1. The zero-order chi connectivity index (χ0) is 13.0. The molecule has 0 aliphatic carbocycles. The summed E-state index contributed by atoms with van der Waals surface area (Å²) in [5.41, 5.74) is 0. The second-order valence-corrected chi connectivity index (χ2v) is 6.20. The number of aromatic nitrogens is 2. The Morgan fingerprint density at radius 3 is 3.06 bits per heavy atom. The lowest BCUT2D eigenvalue weighted by Crippen LogP contribution is -2.24. The highest BCUT2D eigenvalue weighted by Crippen LogP contribution is 2.22. The van der Waals surface area contributed by atoms with Crippen molar-refractivity contribution in [3.63, 3.8) is 0 Å². The molecule has 6 heteroatoms. The third kappa shape index (κ3) is 3.54. The third-order valence-corrected chi connectivity index (χ3v) is 3.89. The number of amides is 1. The van der Waals surface area contributed by atoms with Gasteiger partial charge < -0.3 is 9.88 Å². The van der Waals surface area contributed by atoms with Crippen molar-refractivity contribution in [2.45, 2.75) is 6.54 Å². The number of imidazole rings is 1. The number of halogens is 1. The smallest absolute Gasteiger partial charge is 0.246 e. The molecule has 4 nitrogen and oxygen atoms in total. The van der Waals surface area contributed by atoms with E-state index in [-0.39, 0.29) is 5.91 Å². The van der Waals surface area contributed by atoms with Gasteiger partial charge in [-0.3, -0.25) is 4.79 Å². The molecular formula is C12H12BrN3OS. The Labute approximate surface area is 117 Å². The number of nitrogens with one attached hydrogen (secondary N) is 1. The van der Waals surface area contributed by atoms with Gasteiger partial charge in [-0.1, -0.05) is 0 Å². The van der Waals surface area contributed by atoms with Gasteiger partial charge in [-0.15, -0.1) is 11.3 Å². The van der Waals surface area contributed by atoms with Gasteiger partial charge in [0.2, 0.25) is 5.91 Å². The molecule has 0 unspecified atom stereocenters. The normalized spacial score (nSPS) is 11.0. The molecule has 0 fully saturated rings. The predicted molar refractivity (Wildman–Crippen MR) is 76.1 cm³/mol. The zero-order valence-corrected chi connectivity index (χ0v) is 12.2. The summed E-state index contributed by atoms with van der Waals surface area (Å²) in [6, 6.07) is 3.92. The number of nitrogens with zero attached hydrogens (tertiary/aromatic N) is 2. The number of H-pyrrole nitrogens is 1. The van der Waals surface area contributed by atoms with Crippen molar-refractivity contribution < 1.29 is 4.79 Å². The Morgan fingerprint density at radius 2 is 2.44 bits per heavy atom. The number of thiophene rings is 1. The molecule has 0 radical (unpaired) electrons. The molecule has 18 heavy (non-hydrogen) atoms. The van der Waals surface area contributed by atoms with E-state index in [0.717, 1.165) is 14.5 Å². The zero-order valence-electron chi connectivity index (χ0n) is 9.76. The summed E-state index contributed by atoms with van der Waals surface area (Å²) in [5, 5.41) is 0. The lowest BCUT2D eigenvalue weighted by atomic mass is 10.4. The van der Waals surface area contributed by atoms with E-state index in [2.05, 4.69) is 25.9 Å². The Hall–Kier alpha value is -1.40. The van der Waals surface area contributed by atoms with Crippen molar-refractivity contribution in [3.05, 3.63) is 45.1 Å². The lowest BCUT2D eigenvalue weighted by molar-refractivity contribution is -0.125. The maximum Gasteiger partial charge on any atom is 0.246 e. The van der Waals surface area contributed by atoms with Crippen molar-refractivity contribution in [1.82, 2.24) is 14.9 Å². The van der Waals surface area contributed by atoms with E-state index in [1.165, 1.54) is 0 Å². The third-order valence-electron chi connectivity index (χ3n) is 2.30. The summed E-state index contributed by atoms with van der Waals surface area (Å²) in [6.45, 7) is 0.476. The van der Waals surface area contributed by atoms with E-state index in [4.69, 9.17) is 0 Å². The summed E-state index contributed by atoms with van der Waals surface area (Å²) in [6.07, 6.45) is 6.80. The topological polar surface area (TPSA) is 49.0 Å². The standard InChI is InChI=1S/C12H12BrN3OS/c1-16(8-11-14-6-7-15-11)12(17)5-3-9-2-4-10(13)18-9/h2-7H,8H2,1H3,(H,14,15). The minimum atomic E-state index is -0.0454. The van der Waals surface area contributed by atoms with Gasteiger partial charge in [0.15, 0.2) is 0 Å². The Balaban J connectivity index is 1.93. The largest absolute Gasteiger partial charge is 0.347 e. The van der Waals surface area contributed by atoms with E-state index in [1.807, 2.05) is 18.2 Å². The van der Waals surface area contributed by atoms with Crippen molar-refractivity contribution in [3.8, 4) is 0 Å². The van der Waals surface area contributed by atoms with Crippen LogP contribution in [0.4, 0.5) is 0 Å².